The molecule has 2 aromatic rings. The van der Waals surface area contributed by atoms with Gasteiger partial charge in [-0.15, -0.1) is 0 Å². The Morgan fingerprint density at radius 3 is 1.21 bits per heavy atom. The van der Waals surface area contributed by atoms with Crippen LogP contribution in [-0.2, 0) is 0 Å². The zero-order chi connectivity index (χ0) is 14.4. The Bertz CT molecular complexity index is 565. The van der Waals surface area contributed by atoms with Crippen molar-refractivity contribution in [3.8, 4) is 0 Å². The summed E-state index contributed by atoms with van der Waals surface area (Å²) in [5, 5.41) is 0. The van der Waals surface area contributed by atoms with E-state index in [9.17, 15) is 0 Å². The van der Waals surface area contributed by atoms with E-state index in [4.69, 9.17) is 0 Å². The second-order valence-electron chi connectivity index (χ2n) is 4.77. The van der Waals surface area contributed by atoms with Crippen molar-refractivity contribution < 1.29 is 8.47 Å². The van der Waals surface area contributed by atoms with Gasteiger partial charge in [0.05, 0.1) is 0 Å². The van der Waals surface area contributed by atoms with Gasteiger partial charge in [0.1, 0.15) is 0 Å². The molecule has 104 valence electrons. The number of pyridine rings is 2. The predicted octanol–water partition coefficient (Wildman–Crippen LogP) is 4.19. The second-order valence-corrected chi connectivity index (χ2v) is 50.2. The van der Waals surface area contributed by atoms with Gasteiger partial charge in [-0.2, -0.15) is 0 Å². The van der Waals surface area contributed by atoms with Crippen molar-refractivity contribution in [3.05, 3.63) is 60.2 Å². The van der Waals surface area contributed by atoms with Gasteiger partial charge in [-0.3, -0.25) is 0 Å². The summed E-state index contributed by atoms with van der Waals surface area (Å²) in [6, 6.07) is 8.26. The molecule has 0 saturated carbocycles. The Balaban J connectivity index is 2.71. The van der Waals surface area contributed by atoms with E-state index in [1.54, 1.807) is 0 Å². The van der Waals surface area contributed by atoms with E-state index in [1.165, 1.54) is 11.1 Å². The summed E-state index contributed by atoms with van der Waals surface area (Å²) in [7, 11) is 0. The standard InChI is InChI=1S/C12H14Br4N2Si/c1-11-3-7-17(8-4-11)19(13,14,15,16)18-9-5-12(2)6-10-18/h3-10H,1-2H3. The number of nitrogens with zero attached hydrogens (tertiary/aromatic N) is 2. The number of hydrogen-bond donors (Lipinski definition) is 0. The van der Waals surface area contributed by atoms with Crippen LogP contribution in [0.4, 0.5) is 0 Å². The molecule has 0 aliphatic rings. The quantitative estimate of drug-likeness (QED) is 0.404. The first-order chi connectivity index (χ1) is 8.53. The average molecular weight is 534 g/mol. The minimum absolute atomic E-state index is 1.21. The van der Waals surface area contributed by atoms with Gasteiger partial charge in [-0.05, 0) is 0 Å². The van der Waals surface area contributed by atoms with E-state index in [1.807, 2.05) is 24.8 Å². The SMILES string of the molecule is Cc1cc[n+]([Si-2](Br)(Br)(Br)(Br)[n+]2ccc(C)cc2)cc1. The fourth-order valence-electron chi connectivity index (χ4n) is 1.72. The number of halogens is 4. The summed E-state index contributed by atoms with van der Waals surface area (Å²) >= 11 is 15.5. The first kappa shape index (κ1) is 15.8. The van der Waals surface area contributed by atoms with E-state index >= 15 is 0 Å². The minimum atomic E-state index is -3.84. The first-order valence-electron chi connectivity index (χ1n) is 5.72. The zero-order valence-electron chi connectivity index (χ0n) is 10.5. The fourth-order valence-corrected chi connectivity index (χ4v) is 9.13. The molecule has 0 radical (unpaired) electrons. The molecule has 0 spiro atoms. The van der Waals surface area contributed by atoms with Crippen molar-refractivity contribution in [1.29, 1.82) is 0 Å². The molecule has 0 bridgehead atoms. The topological polar surface area (TPSA) is 7.76 Å². The predicted molar refractivity (Wildman–Crippen MR) is 95.0 cm³/mol. The van der Waals surface area contributed by atoms with Gasteiger partial charge in [-0.25, -0.2) is 0 Å². The van der Waals surface area contributed by atoms with Crippen molar-refractivity contribution in [2.24, 2.45) is 0 Å². The Hall–Kier alpha value is 0.437. The average Bonchev–Trinajstić information content (AvgIpc) is 2.28. The van der Waals surface area contributed by atoms with Crippen molar-refractivity contribution >= 4 is 62.6 Å². The molecule has 0 amide bonds. The maximum absolute atomic E-state index is 3.89. The van der Waals surface area contributed by atoms with E-state index in [2.05, 4.69) is 108 Å². The van der Waals surface area contributed by atoms with Crippen LogP contribution < -0.4 is 8.47 Å². The van der Waals surface area contributed by atoms with Gasteiger partial charge >= 0.3 is 145 Å². The van der Waals surface area contributed by atoms with Gasteiger partial charge in [0.2, 0.25) is 0 Å². The zero-order valence-corrected chi connectivity index (χ0v) is 17.9. The molecule has 0 unspecified atom stereocenters. The van der Waals surface area contributed by atoms with E-state index < -0.39 is 1.43 Å². The van der Waals surface area contributed by atoms with Crippen LogP contribution in [0, 0.1) is 13.8 Å². The molecule has 0 atom stereocenters. The molecule has 2 heterocycles. The molecule has 7 heteroatoms. The van der Waals surface area contributed by atoms with Gasteiger partial charge in [0, 0.05) is 0 Å². The van der Waals surface area contributed by atoms with Crippen LogP contribution >= 0.6 is 61.2 Å². The molecule has 0 aliphatic carbocycles. The number of hydrogen-bond acceptors (Lipinski definition) is 0. The molecule has 0 aromatic carbocycles. The van der Waals surface area contributed by atoms with E-state index in [0.717, 1.165) is 0 Å². The third kappa shape index (κ3) is 3.05. The molecule has 2 rings (SSSR count). The van der Waals surface area contributed by atoms with E-state index in [-0.39, 0.29) is 0 Å². The van der Waals surface area contributed by atoms with Gasteiger partial charge < -0.3 is 0 Å². The fraction of sp³-hybridized carbons (Fsp3) is 0.167. The van der Waals surface area contributed by atoms with Gasteiger partial charge in [0.15, 0.2) is 0 Å². The summed E-state index contributed by atoms with van der Waals surface area (Å²) in [6.07, 6.45) is 8.11. The molecule has 0 aliphatic heterocycles. The summed E-state index contributed by atoms with van der Waals surface area (Å²) in [5.74, 6) is 0. The molecule has 2 aromatic heterocycles. The molecule has 0 saturated heterocycles. The summed E-state index contributed by atoms with van der Waals surface area (Å²) in [6.45, 7) is 4.14. The molecule has 2 nitrogen and oxygen atoms in total. The van der Waals surface area contributed by atoms with Gasteiger partial charge in [0.25, 0.3) is 0 Å². The van der Waals surface area contributed by atoms with Crippen LogP contribution in [0.1, 0.15) is 11.1 Å². The molecule has 19 heavy (non-hydrogen) atoms. The third-order valence-corrected chi connectivity index (χ3v) is 15.5. The Labute approximate surface area is 144 Å². The number of rotatable bonds is 2. The Morgan fingerprint density at radius 2 is 0.947 bits per heavy atom. The maximum atomic E-state index is 3.89. The second kappa shape index (κ2) is 4.46. The number of aryl methyl sites for hydroxylation is 2. The molecule has 0 fully saturated rings. The van der Waals surface area contributed by atoms with Crippen molar-refractivity contribution in [2.45, 2.75) is 13.8 Å². The summed E-state index contributed by atoms with van der Waals surface area (Å²) in [4.78, 5) is 0. The first-order valence-corrected chi connectivity index (χ1v) is 17.6. The molecular weight excluding hydrogens is 520 g/mol. The summed E-state index contributed by atoms with van der Waals surface area (Å²) < 4.78 is 0.320. The molecule has 0 N–H and O–H groups in total. The van der Waals surface area contributed by atoms with Crippen molar-refractivity contribution in [1.82, 2.24) is 0 Å². The third-order valence-electron chi connectivity index (χ3n) is 3.00. The van der Waals surface area contributed by atoms with Crippen LogP contribution in [0.5, 0.6) is 0 Å². The van der Waals surface area contributed by atoms with E-state index in [0.29, 0.717) is 0 Å². The van der Waals surface area contributed by atoms with Crippen LogP contribution in [0.3, 0.4) is 0 Å². The summed E-state index contributed by atoms with van der Waals surface area (Å²) in [5.41, 5.74) is 2.43. The van der Waals surface area contributed by atoms with Crippen molar-refractivity contribution in [2.75, 3.05) is 0 Å². The van der Waals surface area contributed by atoms with Crippen molar-refractivity contribution in [3.63, 3.8) is 0 Å². The Kier molecular flexibility index (Phi) is 3.72. The molecular formula is C12H14Br4N2Si. The normalized spacial score (nSPS) is 15.7. The van der Waals surface area contributed by atoms with Crippen LogP contribution in [-0.4, -0.2) is 1.43 Å². The van der Waals surface area contributed by atoms with Crippen LogP contribution in [0.2, 0.25) is 0 Å². The van der Waals surface area contributed by atoms with Crippen LogP contribution in [0.15, 0.2) is 49.1 Å². The monoisotopic (exact) mass is 530 g/mol. The van der Waals surface area contributed by atoms with Gasteiger partial charge in [-0.1, -0.05) is 0 Å². The Morgan fingerprint density at radius 1 is 0.684 bits per heavy atom. The number of aromatic nitrogens is 2. The van der Waals surface area contributed by atoms with Crippen LogP contribution in [0.25, 0.3) is 0 Å².